The number of fused-ring (bicyclic) bond motifs is 4. The molecule has 0 bridgehead atoms. The maximum atomic E-state index is 2.54. The van der Waals surface area contributed by atoms with Gasteiger partial charge in [-0.15, -0.1) is 0 Å². The lowest BCUT2D eigenvalue weighted by molar-refractivity contribution is 0.579. The summed E-state index contributed by atoms with van der Waals surface area (Å²) in [5.41, 5.74) is 17.7. The van der Waals surface area contributed by atoms with Crippen LogP contribution >= 0.6 is 0 Å². The Labute approximate surface area is 235 Å². The van der Waals surface area contributed by atoms with E-state index >= 15 is 0 Å². The first-order valence-electron chi connectivity index (χ1n) is 14.8. The number of allylic oxidation sites excluding steroid dienone is 1. The van der Waals surface area contributed by atoms with Crippen molar-refractivity contribution < 1.29 is 0 Å². The highest BCUT2D eigenvalue weighted by atomic mass is 14.4. The highest BCUT2D eigenvalue weighted by Gasteiger charge is 2.36. The highest BCUT2D eigenvalue weighted by Crippen LogP contribution is 2.53. The van der Waals surface area contributed by atoms with Crippen LogP contribution in [-0.2, 0) is 17.3 Å². The number of hydrogen-bond acceptors (Lipinski definition) is 0. The smallest absolute Gasteiger partial charge is 0.0314 e. The van der Waals surface area contributed by atoms with Crippen molar-refractivity contribution in [2.75, 3.05) is 0 Å². The fraction of sp³-hybridized carbons (Fsp3) is 0.333. The quantitative estimate of drug-likeness (QED) is 0.225. The van der Waals surface area contributed by atoms with Gasteiger partial charge in [0.25, 0.3) is 0 Å². The van der Waals surface area contributed by atoms with Gasteiger partial charge in [0.15, 0.2) is 0 Å². The van der Waals surface area contributed by atoms with E-state index in [0.29, 0.717) is 5.92 Å². The van der Waals surface area contributed by atoms with E-state index in [1.165, 1.54) is 50.1 Å². The molecule has 0 nitrogen and oxygen atoms in total. The Morgan fingerprint density at radius 1 is 0.718 bits per heavy atom. The van der Waals surface area contributed by atoms with Gasteiger partial charge in [-0.05, 0) is 84.9 Å². The van der Waals surface area contributed by atoms with Gasteiger partial charge >= 0.3 is 0 Å². The third-order valence-electron chi connectivity index (χ3n) is 8.86. The molecule has 0 fully saturated rings. The second kappa shape index (κ2) is 9.37. The molecule has 198 valence electrons. The molecule has 0 amide bonds. The summed E-state index contributed by atoms with van der Waals surface area (Å²) in [6.45, 7) is 16.4. The summed E-state index contributed by atoms with van der Waals surface area (Å²) < 4.78 is 0. The van der Waals surface area contributed by atoms with E-state index in [1.54, 1.807) is 16.7 Å². The van der Waals surface area contributed by atoms with Crippen molar-refractivity contribution in [3.8, 4) is 22.3 Å². The Kier molecular flexibility index (Phi) is 6.22. The summed E-state index contributed by atoms with van der Waals surface area (Å²) in [4.78, 5) is 0. The van der Waals surface area contributed by atoms with Crippen LogP contribution in [0, 0.1) is 0 Å². The van der Waals surface area contributed by atoms with Gasteiger partial charge < -0.3 is 0 Å². The molecule has 2 aliphatic carbocycles. The molecule has 0 heterocycles. The molecule has 1 atom stereocenters. The molecule has 0 aromatic heterocycles. The van der Waals surface area contributed by atoms with Gasteiger partial charge in [0.1, 0.15) is 0 Å². The zero-order valence-electron chi connectivity index (χ0n) is 24.8. The summed E-state index contributed by atoms with van der Waals surface area (Å²) in [5.74, 6) is 0.309. The fourth-order valence-corrected chi connectivity index (χ4v) is 6.93. The van der Waals surface area contributed by atoms with E-state index in [1.807, 2.05) is 0 Å². The summed E-state index contributed by atoms with van der Waals surface area (Å²) in [6.07, 6.45) is 5.85. The number of hydrogen-bond donors (Lipinski definition) is 0. The molecular formula is C39H42. The van der Waals surface area contributed by atoms with Crippen molar-refractivity contribution in [1.29, 1.82) is 0 Å². The van der Waals surface area contributed by atoms with Gasteiger partial charge in [-0.2, -0.15) is 0 Å². The minimum atomic E-state index is 0.0623. The lowest BCUT2D eigenvalue weighted by atomic mass is 9.73. The van der Waals surface area contributed by atoms with Crippen LogP contribution in [0.5, 0.6) is 0 Å². The van der Waals surface area contributed by atoms with E-state index in [-0.39, 0.29) is 10.8 Å². The van der Waals surface area contributed by atoms with E-state index in [9.17, 15) is 0 Å². The number of benzene rings is 4. The maximum absolute atomic E-state index is 2.54. The van der Waals surface area contributed by atoms with Crippen molar-refractivity contribution in [3.05, 3.63) is 123 Å². The van der Waals surface area contributed by atoms with Crippen molar-refractivity contribution in [1.82, 2.24) is 0 Å². The monoisotopic (exact) mass is 510 g/mol. The average Bonchev–Trinajstić information content (AvgIpc) is 3.45. The van der Waals surface area contributed by atoms with Crippen LogP contribution < -0.4 is 0 Å². The fourth-order valence-electron chi connectivity index (χ4n) is 6.93. The molecule has 2 aliphatic rings. The summed E-state index contributed by atoms with van der Waals surface area (Å²) in [5, 5.41) is 0. The van der Waals surface area contributed by atoms with Gasteiger partial charge in [0.2, 0.25) is 0 Å². The van der Waals surface area contributed by atoms with E-state index in [2.05, 4.69) is 133 Å². The first kappa shape index (κ1) is 25.9. The Hall–Kier alpha value is -3.38. The van der Waals surface area contributed by atoms with Crippen LogP contribution in [0.4, 0.5) is 0 Å². The molecule has 0 saturated carbocycles. The summed E-state index contributed by atoms with van der Waals surface area (Å²) in [7, 11) is 0. The minimum Gasteiger partial charge on any atom is -0.0651 e. The molecule has 0 spiro atoms. The third-order valence-corrected chi connectivity index (χ3v) is 8.86. The zero-order chi connectivity index (χ0) is 27.5. The van der Waals surface area contributed by atoms with Crippen LogP contribution in [0.25, 0.3) is 28.3 Å². The molecule has 0 aliphatic heterocycles. The van der Waals surface area contributed by atoms with E-state index in [0.717, 1.165) is 19.3 Å². The second-order valence-corrected chi connectivity index (χ2v) is 13.7. The Morgan fingerprint density at radius 2 is 1.46 bits per heavy atom. The SMILES string of the molecule is CCCC1=Cc2c(-c3ccccc3)cccc2C1c1c(C(C)(C)C)ccc2c1Cc1cc(C(C)(C)C)ccc1-2. The van der Waals surface area contributed by atoms with Gasteiger partial charge in [-0.3, -0.25) is 0 Å². The van der Waals surface area contributed by atoms with Crippen LogP contribution in [-0.4, -0.2) is 0 Å². The molecule has 0 heteroatoms. The largest absolute Gasteiger partial charge is 0.0651 e. The molecule has 0 N–H and O–H groups in total. The summed E-state index contributed by atoms with van der Waals surface area (Å²) in [6, 6.07) is 30.0. The van der Waals surface area contributed by atoms with Gasteiger partial charge in [-0.25, -0.2) is 0 Å². The first-order chi connectivity index (χ1) is 18.6. The maximum Gasteiger partial charge on any atom is 0.0314 e. The molecule has 0 radical (unpaired) electrons. The highest BCUT2D eigenvalue weighted by molar-refractivity contribution is 5.86. The normalized spacial score (nSPS) is 16.1. The van der Waals surface area contributed by atoms with Crippen molar-refractivity contribution in [2.24, 2.45) is 0 Å². The molecule has 1 unspecified atom stereocenters. The van der Waals surface area contributed by atoms with Crippen molar-refractivity contribution >= 4 is 6.08 Å². The molecule has 39 heavy (non-hydrogen) atoms. The van der Waals surface area contributed by atoms with Gasteiger partial charge in [0.05, 0.1) is 0 Å². The predicted octanol–water partition coefficient (Wildman–Crippen LogP) is 10.8. The Bertz CT molecular complexity index is 1580. The number of rotatable bonds is 4. The third kappa shape index (κ3) is 4.39. The Morgan fingerprint density at radius 3 is 2.15 bits per heavy atom. The second-order valence-electron chi connectivity index (χ2n) is 13.7. The van der Waals surface area contributed by atoms with Crippen molar-refractivity contribution in [2.45, 2.75) is 84.5 Å². The van der Waals surface area contributed by atoms with Gasteiger partial charge in [-0.1, -0.05) is 145 Å². The van der Waals surface area contributed by atoms with Gasteiger partial charge in [0, 0.05) is 5.92 Å². The molecule has 4 aromatic carbocycles. The average molecular weight is 511 g/mol. The van der Waals surface area contributed by atoms with Crippen LogP contribution in [0.1, 0.15) is 106 Å². The molecule has 4 aromatic rings. The lowest BCUT2D eigenvalue weighted by Gasteiger charge is -2.30. The van der Waals surface area contributed by atoms with Crippen LogP contribution in [0.3, 0.4) is 0 Å². The molecular weight excluding hydrogens is 468 g/mol. The van der Waals surface area contributed by atoms with Crippen LogP contribution in [0.15, 0.2) is 84.4 Å². The van der Waals surface area contributed by atoms with Crippen LogP contribution in [0.2, 0.25) is 0 Å². The summed E-state index contributed by atoms with van der Waals surface area (Å²) >= 11 is 0. The predicted molar refractivity (Wildman–Crippen MR) is 169 cm³/mol. The first-order valence-corrected chi connectivity index (χ1v) is 14.8. The van der Waals surface area contributed by atoms with E-state index in [4.69, 9.17) is 0 Å². The lowest BCUT2D eigenvalue weighted by Crippen LogP contribution is -2.19. The topological polar surface area (TPSA) is 0 Å². The minimum absolute atomic E-state index is 0.0623. The molecule has 0 saturated heterocycles. The zero-order valence-corrected chi connectivity index (χ0v) is 24.8. The molecule has 6 rings (SSSR count). The van der Waals surface area contributed by atoms with Crippen molar-refractivity contribution in [3.63, 3.8) is 0 Å². The van der Waals surface area contributed by atoms with E-state index < -0.39 is 0 Å². The standard InChI is InChI=1S/C39H42/c1-8-13-26-23-33-29(25-14-10-9-11-15-25)16-12-17-32(33)36(26)37-34-24-27-22-28(38(2,3)4)18-19-30(27)31(34)20-21-35(37)39(5,6)7/h9-12,14-23,36H,8,13,24H2,1-7H3. The Balaban J connectivity index is 1.59.